The number of amides is 1. The van der Waals surface area contributed by atoms with E-state index < -0.39 is 0 Å². The fourth-order valence-corrected chi connectivity index (χ4v) is 3.07. The van der Waals surface area contributed by atoms with Crippen molar-refractivity contribution in [1.29, 1.82) is 0 Å². The second-order valence-electron chi connectivity index (χ2n) is 5.00. The maximum atomic E-state index is 12.0. The van der Waals surface area contributed by atoms with E-state index in [1.165, 1.54) is 11.8 Å². The number of thioether (sulfide) groups is 1. The van der Waals surface area contributed by atoms with Gasteiger partial charge in [-0.15, -0.1) is 0 Å². The molecule has 2 N–H and O–H groups in total. The first-order chi connectivity index (χ1) is 11.0. The molecule has 118 valence electrons. The molecule has 0 bridgehead atoms. The van der Waals surface area contributed by atoms with Crippen molar-refractivity contribution in [3.05, 3.63) is 52.0 Å². The number of anilines is 1. The van der Waals surface area contributed by atoms with Crippen molar-refractivity contribution in [2.45, 2.75) is 12.1 Å². The molecule has 0 saturated carbocycles. The lowest BCUT2D eigenvalue weighted by Crippen LogP contribution is -2.14. The highest BCUT2D eigenvalue weighted by molar-refractivity contribution is 7.99. The van der Waals surface area contributed by atoms with E-state index in [0.717, 1.165) is 16.6 Å². The average molecular weight is 366 g/mol. The SMILES string of the molecule is Cc1ccc(NC(=O)CSc2nc3ccc(Cl)cc3[nH]2)cc1Cl. The molecule has 23 heavy (non-hydrogen) atoms. The number of H-pyrrole nitrogens is 1. The summed E-state index contributed by atoms with van der Waals surface area (Å²) in [5.41, 5.74) is 3.33. The number of hydrogen-bond donors (Lipinski definition) is 2. The Bertz CT molecular complexity index is 879. The van der Waals surface area contributed by atoms with Crippen molar-refractivity contribution in [2.75, 3.05) is 11.1 Å². The number of aromatic amines is 1. The summed E-state index contributed by atoms with van der Waals surface area (Å²) in [6.45, 7) is 1.91. The third kappa shape index (κ3) is 3.99. The maximum Gasteiger partial charge on any atom is 0.234 e. The van der Waals surface area contributed by atoms with Crippen molar-refractivity contribution in [2.24, 2.45) is 0 Å². The Kier molecular flexibility index (Phi) is 4.80. The van der Waals surface area contributed by atoms with Crippen molar-refractivity contribution in [3.8, 4) is 0 Å². The van der Waals surface area contributed by atoms with E-state index in [4.69, 9.17) is 23.2 Å². The van der Waals surface area contributed by atoms with E-state index in [2.05, 4.69) is 15.3 Å². The molecule has 0 aliphatic rings. The summed E-state index contributed by atoms with van der Waals surface area (Å²) >= 11 is 13.3. The van der Waals surface area contributed by atoms with Crippen molar-refractivity contribution >= 4 is 57.6 Å². The number of nitrogens with zero attached hydrogens (tertiary/aromatic N) is 1. The molecule has 0 saturated heterocycles. The minimum absolute atomic E-state index is 0.117. The molecule has 4 nitrogen and oxygen atoms in total. The molecule has 0 radical (unpaired) electrons. The lowest BCUT2D eigenvalue weighted by atomic mass is 10.2. The van der Waals surface area contributed by atoms with Crippen LogP contribution < -0.4 is 5.32 Å². The van der Waals surface area contributed by atoms with Gasteiger partial charge in [0.05, 0.1) is 16.8 Å². The maximum absolute atomic E-state index is 12.0. The lowest BCUT2D eigenvalue weighted by molar-refractivity contribution is -0.113. The van der Waals surface area contributed by atoms with Gasteiger partial charge < -0.3 is 10.3 Å². The van der Waals surface area contributed by atoms with Crippen LogP contribution in [0.1, 0.15) is 5.56 Å². The van der Waals surface area contributed by atoms with Crippen LogP contribution in [0.2, 0.25) is 10.0 Å². The Balaban J connectivity index is 1.62. The van der Waals surface area contributed by atoms with E-state index in [0.29, 0.717) is 20.9 Å². The fourth-order valence-electron chi connectivity index (χ4n) is 2.03. The van der Waals surface area contributed by atoms with Gasteiger partial charge in [0.15, 0.2) is 5.16 Å². The molecule has 0 aliphatic heterocycles. The molecule has 0 aliphatic carbocycles. The summed E-state index contributed by atoms with van der Waals surface area (Å²) in [5, 5.41) is 4.77. The molecule has 1 aromatic heterocycles. The number of rotatable bonds is 4. The predicted octanol–water partition coefficient (Wildman–Crippen LogP) is 4.91. The van der Waals surface area contributed by atoms with Gasteiger partial charge in [-0.05, 0) is 42.8 Å². The monoisotopic (exact) mass is 365 g/mol. The van der Waals surface area contributed by atoms with E-state index in [-0.39, 0.29) is 11.7 Å². The summed E-state index contributed by atoms with van der Waals surface area (Å²) in [7, 11) is 0. The van der Waals surface area contributed by atoms with Gasteiger partial charge in [0.1, 0.15) is 0 Å². The lowest BCUT2D eigenvalue weighted by Gasteiger charge is -2.06. The normalized spacial score (nSPS) is 10.9. The number of aromatic nitrogens is 2. The number of carbonyl (C=O) groups excluding carboxylic acids is 1. The molecule has 1 heterocycles. The van der Waals surface area contributed by atoms with Crippen molar-refractivity contribution in [3.63, 3.8) is 0 Å². The molecule has 0 atom stereocenters. The number of hydrogen-bond acceptors (Lipinski definition) is 3. The van der Waals surface area contributed by atoms with Crippen LogP contribution in [0.25, 0.3) is 11.0 Å². The van der Waals surface area contributed by atoms with Crippen LogP contribution in [0.15, 0.2) is 41.6 Å². The smallest absolute Gasteiger partial charge is 0.234 e. The quantitative estimate of drug-likeness (QED) is 0.645. The van der Waals surface area contributed by atoms with Crippen LogP contribution in [0.5, 0.6) is 0 Å². The number of imidazole rings is 1. The number of nitrogens with one attached hydrogen (secondary N) is 2. The van der Waals surface area contributed by atoms with Gasteiger partial charge in [-0.3, -0.25) is 4.79 Å². The molecule has 0 unspecified atom stereocenters. The van der Waals surface area contributed by atoms with E-state index in [9.17, 15) is 4.79 Å². The Hall–Kier alpha value is -1.69. The summed E-state index contributed by atoms with van der Waals surface area (Å²) in [6.07, 6.45) is 0. The molecular formula is C16H13Cl2N3OS. The first-order valence-corrected chi connectivity index (χ1v) is 8.59. The Labute approximate surface area is 147 Å². The highest BCUT2D eigenvalue weighted by Gasteiger charge is 2.08. The largest absolute Gasteiger partial charge is 0.333 e. The third-order valence-corrected chi connectivity index (χ3v) is 4.73. The molecule has 2 aromatic carbocycles. The highest BCUT2D eigenvalue weighted by Crippen LogP contribution is 2.23. The predicted molar refractivity (Wildman–Crippen MR) is 96.6 cm³/mol. The van der Waals surface area contributed by atoms with Gasteiger partial charge in [0.25, 0.3) is 0 Å². The molecule has 3 rings (SSSR count). The Morgan fingerprint density at radius 1 is 1.26 bits per heavy atom. The Morgan fingerprint density at radius 3 is 2.87 bits per heavy atom. The van der Waals surface area contributed by atoms with Crippen LogP contribution >= 0.6 is 35.0 Å². The number of aryl methyl sites for hydroxylation is 1. The first-order valence-electron chi connectivity index (χ1n) is 6.85. The van der Waals surface area contributed by atoms with Crippen LogP contribution in [0, 0.1) is 6.92 Å². The highest BCUT2D eigenvalue weighted by atomic mass is 35.5. The van der Waals surface area contributed by atoms with Crippen LogP contribution in [-0.4, -0.2) is 21.6 Å². The first kappa shape index (κ1) is 16.2. The summed E-state index contributed by atoms with van der Waals surface area (Å²) in [5.74, 6) is 0.132. The number of benzene rings is 2. The second-order valence-corrected chi connectivity index (χ2v) is 6.81. The standard InChI is InChI=1S/C16H13Cl2N3OS/c1-9-2-4-11(7-12(9)18)19-15(22)8-23-16-20-13-5-3-10(17)6-14(13)21-16/h2-7H,8H2,1H3,(H,19,22)(H,20,21). The van der Waals surface area contributed by atoms with E-state index in [1.54, 1.807) is 12.1 Å². The fraction of sp³-hybridized carbons (Fsp3) is 0.125. The van der Waals surface area contributed by atoms with Crippen molar-refractivity contribution in [1.82, 2.24) is 9.97 Å². The topological polar surface area (TPSA) is 57.8 Å². The summed E-state index contributed by atoms with van der Waals surface area (Å²) in [6, 6.07) is 10.9. The minimum Gasteiger partial charge on any atom is -0.333 e. The zero-order valence-corrected chi connectivity index (χ0v) is 14.5. The van der Waals surface area contributed by atoms with Gasteiger partial charge in [0.2, 0.25) is 5.91 Å². The van der Waals surface area contributed by atoms with Crippen LogP contribution in [0.4, 0.5) is 5.69 Å². The van der Waals surface area contributed by atoms with Crippen molar-refractivity contribution < 1.29 is 4.79 Å². The number of carbonyl (C=O) groups is 1. The zero-order valence-electron chi connectivity index (χ0n) is 12.2. The Morgan fingerprint density at radius 2 is 2.09 bits per heavy atom. The zero-order chi connectivity index (χ0) is 16.4. The van der Waals surface area contributed by atoms with Gasteiger partial charge in [-0.2, -0.15) is 0 Å². The number of halogens is 2. The van der Waals surface area contributed by atoms with Gasteiger partial charge in [-0.25, -0.2) is 4.98 Å². The van der Waals surface area contributed by atoms with Crippen LogP contribution in [0.3, 0.4) is 0 Å². The van der Waals surface area contributed by atoms with Gasteiger partial charge in [0, 0.05) is 15.7 Å². The average Bonchev–Trinajstić information content (AvgIpc) is 2.91. The van der Waals surface area contributed by atoms with Gasteiger partial charge >= 0.3 is 0 Å². The third-order valence-electron chi connectivity index (χ3n) is 3.22. The molecule has 1 amide bonds. The summed E-state index contributed by atoms with van der Waals surface area (Å²) < 4.78 is 0. The molecule has 3 aromatic rings. The van der Waals surface area contributed by atoms with E-state index >= 15 is 0 Å². The minimum atomic E-state index is -0.117. The molecule has 0 fully saturated rings. The second kappa shape index (κ2) is 6.83. The molecule has 7 heteroatoms. The summed E-state index contributed by atoms with van der Waals surface area (Å²) in [4.78, 5) is 19.6. The molecular weight excluding hydrogens is 353 g/mol. The van der Waals surface area contributed by atoms with Crippen LogP contribution in [-0.2, 0) is 4.79 Å². The number of fused-ring (bicyclic) bond motifs is 1. The van der Waals surface area contributed by atoms with Gasteiger partial charge in [-0.1, -0.05) is 41.0 Å². The van der Waals surface area contributed by atoms with E-state index in [1.807, 2.05) is 31.2 Å². The molecule has 0 spiro atoms.